The highest BCUT2D eigenvalue weighted by atomic mass is 16.3. The molecule has 2 aromatic heterocycles. The van der Waals surface area contributed by atoms with Crippen LogP contribution in [0.2, 0.25) is 0 Å². The molecule has 0 bridgehead atoms. The van der Waals surface area contributed by atoms with E-state index in [-0.39, 0.29) is 0 Å². The van der Waals surface area contributed by atoms with Crippen molar-refractivity contribution in [3.8, 4) is 27.9 Å². The predicted octanol–water partition coefficient (Wildman–Crippen LogP) is 15.8. The number of furan rings is 1. The Balaban J connectivity index is 0.912. The molecule has 0 radical (unpaired) electrons. The number of rotatable bonds is 6. The Morgan fingerprint density at radius 2 is 0.746 bits per heavy atom. The summed E-state index contributed by atoms with van der Waals surface area (Å²) in [7, 11) is 0. The summed E-state index contributed by atoms with van der Waals surface area (Å²) in [4.78, 5) is 2.40. The lowest BCUT2D eigenvalue weighted by Crippen LogP contribution is -2.11. The van der Waals surface area contributed by atoms with Gasteiger partial charge < -0.3 is 13.9 Å². The average molecular weight is 753 g/mol. The van der Waals surface area contributed by atoms with Gasteiger partial charge in [-0.15, -0.1) is 0 Å². The molecule has 0 aliphatic heterocycles. The lowest BCUT2D eigenvalue weighted by atomic mass is 9.99. The Kier molecular flexibility index (Phi) is 7.54. The minimum atomic E-state index is 0.886. The average Bonchev–Trinajstić information content (AvgIpc) is 3.85. The van der Waals surface area contributed by atoms with Gasteiger partial charge in [-0.25, -0.2) is 0 Å². The molecule has 10 aromatic carbocycles. The molecule has 0 aliphatic carbocycles. The summed E-state index contributed by atoms with van der Waals surface area (Å²) in [5, 5.41) is 9.61. The number of benzene rings is 10. The molecule has 0 aliphatic rings. The van der Waals surface area contributed by atoms with Gasteiger partial charge in [0.2, 0.25) is 0 Å². The van der Waals surface area contributed by atoms with Gasteiger partial charge in [0, 0.05) is 43.7 Å². The molecule has 0 saturated heterocycles. The summed E-state index contributed by atoms with van der Waals surface area (Å²) < 4.78 is 8.75. The van der Waals surface area contributed by atoms with Crippen molar-refractivity contribution in [2.24, 2.45) is 0 Å². The Morgan fingerprint density at radius 3 is 1.27 bits per heavy atom. The molecule has 276 valence electrons. The van der Waals surface area contributed by atoms with E-state index < -0.39 is 0 Å². The minimum absolute atomic E-state index is 0.886. The van der Waals surface area contributed by atoms with Crippen molar-refractivity contribution < 1.29 is 4.42 Å². The first-order valence-electron chi connectivity index (χ1n) is 20.2. The van der Waals surface area contributed by atoms with Gasteiger partial charge in [0.1, 0.15) is 11.2 Å². The summed E-state index contributed by atoms with van der Waals surface area (Å²) in [6, 6.07) is 78.7. The molecule has 0 N–H and O–H groups in total. The zero-order valence-corrected chi connectivity index (χ0v) is 32.1. The molecule has 2 heterocycles. The molecular weight excluding hydrogens is 717 g/mol. The fourth-order valence-electron chi connectivity index (χ4n) is 9.16. The topological polar surface area (TPSA) is 21.3 Å². The molecule has 0 amide bonds. The van der Waals surface area contributed by atoms with E-state index in [1.807, 2.05) is 0 Å². The van der Waals surface area contributed by atoms with Crippen LogP contribution in [0.25, 0.3) is 93.2 Å². The second kappa shape index (κ2) is 13.4. The van der Waals surface area contributed by atoms with Crippen molar-refractivity contribution >= 4 is 82.4 Å². The van der Waals surface area contributed by atoms with Crippen LogP contribution < -0.4 is 4.90 Å². The number of hydrogen-bond acceptors (Lipinski definition) is 2. The van der Waals surface area contributed by atoms with Crippen LogP contribution in [0.15, 0.2) is 223 Å². The molecule has 0 saturated carbocycles. The van der Waals surface area contributed by atoms with Gasteiger partial charge in [0.05, 0.1) is 22.4 Å². The third-order valence-electron chi connectivity index (χ3n) is 12.0. The summed E-state index contributed by atoms with van der Waals surface area (Å²) in [6.45, 7) is 0. The molecular formula is C56H36N2O. The first-order valence-corrected chi connectivity index (χ1v) is 20.2. The highest BCUT2D eigenvalue weighted by Crippen LogP contribution is 2.43. The second-order valence-electron chi connectivity index (χ2n) is 15.3. The van der Waals surface area contributed by atoms with E-state index in [0.29, 0.717) is 0 Å². The van der Waals surface area contributed by atoms with Crippen LogP contribution in [0.3, 0.4) is 0 Å². The predicted molar refractivity (Wildman–Crippen MR) is 249 cm³/mol. The maximum absolute atomic E-state index is 6.39. The van der Waals surface area contributed by atoms with Crippen molar-refractivity contribution in [1.82, 2.24) is 4.57 Å². The van der Waals surface area contributed by atoms with Gasteiger partial charge in [-0.1, -0.05) is 146 Å². The summed E-state index contributed by atoms with van der Waals surface area (Å²) in [5.74, 6) is 0. The van der Waals surface area contributed by atoms with Crippen LogP contribution in [0.1, 0.15) is 0 Å². The first kappa shape index (κ1) is 33.3. The Hall–Kier alpha value is -7.88. The molecule has 59 heavy (non-hydrogen) atoms. The van der Waals surface area contributed by atoms with Gasteiger partial charge in [0.25, 0.3) is 0 Å². The highest BCUT2D eigenvalue weighted by molar-refractivity contribution is 6.10. The van der Waals surface area contributed by atoms with E-state index in [2.05, 4.69) is 228 Å². The molecule has 12 aromatic rings. The maximum Gasteiger partial charge on any atom is 0.135 e. The van der Waals surface area contributed by atoms with E-state index in [9.17, 15) is 0 Å². The standard InChI is InChI=1S/C56H36N2O/c1-3-15-45-39(11-1)13-9-21-51(45)57(52-22-10-14-40-12-2-4-16-46(40)52)43-29-23-37(24-30-43)41-27-33-55-49(35-41)50-36-42(28-34-56(50)59-55)38-25-31-44(32-26-38)58-53-19-7-5-17-47(53)48-18-6-8-20-54(48)58/h1-36H. The molecule has 0 atom stereocenters. The van der Waals surface area contributed by atoms with Gasteiger partial charge in [-0.2, -0.15) is 0 Å². The SMILES string of the molecule is c1ccc2c(N(c3ccc(-c4ccc5oc6ccc(-c7ccc(-n8c9ccccc9c9ccccc98)cc7)cc6c5c4)cc3)c3cccc4ccccc34)cccc2c1. The minimum Gasteiger partial charge on any atom is -0.456 e. The van der Waals surface area contributed by atoms with Gasteiger partial charge >= 0.3 is 0 Å². The molecule has 3 nitrogen and oxygen atoms in total. The zero-order valence-electron chi connectivity index (χ0n) is 32.1. The number of hydrogen-bond donors (Lipinski definition) is 0. The molecule has 0 unspecified atom stereocenters. The van der Waals surface area contributed by atoms with Crippen LogP contribution in [0.4, 0.5) is 17.1 Å². The lowest BCUT2D eigenvalue weighted by molar-refractivity contribution is 0.669. The Labute approximate surface area is 341 Å². The van der Waals surface area contributed by atoms with Gasteiger partial charge in [-0.05, 0) is 106 Å². The number of para-hydroxylation sites is 2. The van der Waals surface area contributed by atoms with Crippen molar-refractivity contribution in [2.75, 3.05) is 4.90 Å². The Morgan fingerprint density at radius 1 is 0.322 bits per heavy atom. The van der Waals surface area contributed by atoms with Gasteiger partial charge in [-0.3, -0.25) is 0 Å². The summed E-state index contributed by atoms with van der Waals surface area (Å²) in [5.41, 5.74) is 13.4. The second-order valence-corrected chi connectivity index (χ2v) is 15.3. The Bertz CT molecular complexity index is 3410. The largest absolute Gasteiger partial charge is 0.456 e. The molecule has 12 rings (SSSR count). The fraction of sp³-hybridized carbons (Fsp3) is 0. The third kappa shape index (κ3) is 5.44. The zero-order chi connectivity index (χ0) is 38.9. The van der Waals surface area contributed by atoms with Crippen molar-refractivity contribution in [3.63, 3.8) is 0 Å². The fourth-order valence-corrected chi connectivity index (χ4v) is 9.16. The smallest absolute Gasteiger partial charge is 0.135 e. The van der Waals surface area contributed by atoms with Crippen LogP contribution in [-0.2, 0) is 0 Å². The number of aromatic nitrogens is 1. The van der Waals surface area contributed by atoms with Crippen LogP contribution in [-0.4, -0.2) is 4.57 Å². The summed E-state index contributed by atoms with van der Waals surface area (Å²) >= 11 is 0. The van der Waals surface area contributed by atoms with Crippen molar-refractivity contribution in [1.29, 1.82) is 0 Å². The van der Waals surface area contributed by atoms with E-state index in [1.54, 1.807) is 0 Å². The number of nitrogens with zero attached hydrogens (tertiary/aromatic N) is 2. The highest BCUT2D eigenvalue weighted by Gasteiger charge is 2.18. The summed E-state index contributed by atoms with van der Waals surface area (Å²) in [6.07, 6.45) is 0. The molecule has 0 fully saturated rings. The number of fused-ring (bicyclic) bond motifs is 8. The van der Waals surface area contributed by atoms with Crippen LogP contribution in [0, 0.1) is 0 Å². The maximum atomic E-state index is 6.39. The van der Waals surface area contributed by atoms with Crippen molar-refractivity contribution in [2.45, 2.75) is 0 Å². The lowest BCUT2D eigenvalue weighted by Gasteiger charge is -2.28. The van der Waals surface area contributed by atoms with Crippen LogP contribution in [0.5, 0.6) is 0 Å². The van der Waals surface area contributed by atoms with E-state index >= 15 is 0 Å². The van der Waals surface area contributed by atoms with E-state index in [4.69, 9.17) is 4.42 Å². The quantitative estimate of drug-likeness (QED) is 0.169. The van der Waals surface area contributed by atoms with E-state index in [1.165, 1.54) is 48.9 Å². The monoisotopic (exact) mass is 752 g/mol. The number of anilines is 3. The molecule has 0 spiro atoms. The van der Waals surface area contributed by atoms with Gasteiger partial charge in [0.15, 0.2) is 0 Å². The third-order valence-corrected chi connectivity index (χ3v) is 12.0. The molecule has 3 heteroatoms. The normalized spacial score (nSPS) is 11.7. The first-order chi connectivity index (χ1) is 29.2. The van der Waals surface area contributed by atoms with E-state index in [0.717, 1.165) is 61.4 Å². The van der Waals surface area contributed by atoms with Crippen LogP contribution >= 0.6 is 0 Å². The van der Waals surface area contributed by atoms with Crippen molar-refractivity contribution in [3.05, 3.63) is 218 Å².